The van der Waals surface area contributed by atoms with Gasteiger partial charge in [0.05, 0.1) is 13.2 Å². The molecule has 5 fully saturated rings. The maximum absolute atomic E-state index is 11.3. The van der Waals surface area contributed by atoms with E-state index in [1.165, 1.54) is 20.8 Å². The van der Waals surface area contributed by atoms with Crippen LogP contribution < -0.4 is 0 Å². The molecule has 0 saturated carbocycles. The van der Waals surface area contributed by atoms with Crippen LogP contribution in [0.1, 0.15) is 129 Å². The van der Waals surface area contributed by atoms with Gasteiger partial charge in [0.25, 0.3) is 0 Å². The van der Waals surface area contributed by atoms with E-state index in [0.29, 0.717) is 19.8 Å². The van der Waals surface area contributed by atoms with Gasteiger partial charge in [-0.05, 0) is 73.9 Å². The van der Waals surface area contributed by atoms with Gasteiger partial charge in [-0.15, -0.1) is 0 Å². The number of aliphatic hydroxyl groups is 1. The summed E-state index contributed by atoms with van der Waals surface area (Å²) in [5.41, 5.74) is 4.47. The Morgan fingerprint density at radius 3 is 1.15 bits per heavy atom. The number of unbranched alkanes of at least 4 members (excludes halogenated alkanes) is 2. The van der Waals surface area contributed by atoms with Gasteiger partial charge in [0, 0.05) is 34.0 Å². The first-order chi connectivity index (χ1) is 43.9. The fraction of sp³-hybridized carbons (Fsp3) is 0.473. The number of fused-ring (bicyclic) bond motifs is 2. The molecule has 0 aliphatic carbocycles. The van der Waals surface area contributed by atoms with Gasteiger partial charge in [0.2, 0.25) is 6.29 Å². The molecular weight excluding hydrogens is 1180 g/mol. The zero-order valence-corrected chi connectivity index (χ0v) is 53.5. The van der Waals surface area contributed by atoms with Gasteiger partial charge in [-0.25, -0.2) is 0 Å². The average molecular weight is 1270 g/mol. The Labute approximate surface area is 541 Å². The lowest BCUT2D eigenvalue weighted by molar-refractivity contribution is -0.227. The molecule has 92 heavy (non-hydrogen) atoms. The Hall–Kier alpha value is -6.75. The molecule has 5 aliphatic rings. The molecule has 5 heterocycles. The van der Waals surface area contributed by atoms with Crippen LogP contribution >= 0.6 is 0 Å². The number of benzene rings is 6. The summed E-state index contributed by atoms with van der Waals surface area (Å²) in [5, 5.41) is 10.9. The highest BCUT2D eigenvalue weighted by Crippen LogP contribution is 2.46. The van der Waals surface area contributed by atoms with Crippen LogP contribution in [0.2, 0.25) is 0 Å². The van der Waals surface area contributed by atoms with E-state index in [-0.39, 0.29) is 39.0 Å². The minimum absolute atomic E-state index is 0. The van der Waals surface area contributed by atoms with Crippen molar-refractivity contribution in [1.29, 1.82) is 0 Å². The summed E-state index contributed by atoms with van der Waals surface area (Å²) in [4.78, 5) is 33.5. The Kier molecular flexibility index (Phi) is 25.4. The predicted octanol–water partition coefficient (Wildman–Crippen LogP) is 11.9. The molecule has 18 heteroatoms. The van der Waals surface area contributed by atoms with E-state index < -0.39 is 96.2 Å². The highest BCUT2D eigenvalue weighted by atomic mass is 16.9. The second-order valence-corrected chi connectivity index (χ2v) is 23.9. The van der Waals surface area contributed by atoms with Crippen LogP contribution in [0.5, 0.6) is 0 Å². The topological polar surface area (TPSA) is 201 Å². The summed E-state index contributed by atoms with van der Waals surface area (Å²) in [5.74, 6) is -3.07. The number of ether oxygens (including phenoxy) is 14. The van der Waals surface area contributed by atoms with E-state index in [1.807, 2.05) is 107 Å². The molecule has 5 aliphatic heterocycles. The first-order valence-corrected chi connectivity index (χ1v) is 31.6. The highest BCUT2D eigenvalue weighted by molar-refractivity contribution is 5.67. The lowest BCUT2D eigenvalue weighted by Gasteiger charge is -2.37. The third-order valence-electron chi connectivity index (χ3n) is 16.1. The van der Waals surface area contributed by atoms with Gasteiger partial charge in [0.15, 0.2) is 30.3 Å². The van der Waals surface area contributed by atoms with Crippen LogP contribution in [0.3, 0.4) is 0 Å². The molecule has 3 unspecified atom stereocenters. The molecule has 6 aromatic rings. The van der Waals surface area contributed by atoms with Gasteiger partial charge < -0.3 is 71.4 Å². The van der Waals surface area contributed by atoms with Gasteiger partial charge in [0.1, 0.15) is 66.6 Å². The van der Waals surface area contributed by atoms with Crippen molar-refractivity contribution in [3.05, 3.63) is 215 Å². The van der Waals surface area contributed by atoms with Crippen LogP contribution in [0.25, 0.3) is 0 Å². The van der Waals surface area contributed by atoms with Gasteiger partial charge in [-0.1, -0.05) is 216 Å². The molecule has 496 valence electrons. The summed E-state index contributed by atoms with van der Waals surface area (Å²) in [6.45, 7) is 16.8. The summed E-state index contributed by atoms with van der Waals surface area (Å²) < 4.78 is 82.9. The second kappa shape index (κ2) is 32.9. The Balaban J connectivity index is 0.000000181. The van der Waals surface area contributed by atoms with Crippen molar-refractivity contribution in [2.75, 3.05) is 33.0 Å². The number of hydrogen-bond donors (Lipinski definition) is 1. The van der Waals surface area contributed by atoms with E-state index in [2.05, 4.69) is 116 Å². The van der Waals surface area contributed by atoms with Gasteiger partial charge >= 0.3 is 17.9 Å². The van der Waals surface area contributed by atoms with Crippen molar-refractivity contribution in [1.82, 2.24) is 0 Å². The zero-order valence-electron chi connectivity index (χ0n) is 53.5. The van der Waals surface area contributed by atoms with Crippen LogP contribution in [-0.2, 0) is 91.9 Å². The van der Waals surface area contributed by atoms with Crippen molar-refractivity contribution in [2.45, 2.75) is 192 Å². The van der Waals surface area contributed by atoms with Crippen molar-refractivity contribution < 1.29 is 85.8 Å². The third-order valence-corrected chi connectivity index (χ3v) is 16.1. The predicted molar refractivity (Wildman–Crippen MR) is 342 cm³/mol. The molecule has 0 bridgehead atoms. The van der Waals surface area contributed by atoms with Crippen molar-refractivity contribution in [3.63, 3.8) is 0 Å². The molecule has 0 radical (unpaired) electrons. The minimum Gasteiger partial charge on any atom is -0.463 e. The fourth-order valence-corrected chi connectivity index (χ4v) is 12.1. The SMILES string of the molecule is C.CC1(C)OC2O[C@H](COC(c3ccccc3)(c3ccccc3)c3ccccc3)[C@H](O)[C@H]2O1.CCCCO[C@H]1[C@@H](COC(C)=O)OC(OC(C)=O)[C@@H]1OC(C)=O.CCCCO[C@H]1[C@@H](COC(c2ccccc2)(c2ccccc2)c2ccccc2)OC2OC(C)(C)O[C@@H]21. The highest BCUT2D eigenvalue weighted by Gasteiger charge is 2.57. The van der Waals surface area contributed by atoms with E-state index in [9.17, 15) is 19.5 Å². The molecule has 12 atom stereocenters. The van der Waals surface area contributed by atoms with Crippen molar-refractivity contribution in [2.24, 2.45) is 0 Å². The minimum atomic E-state index is -1.09. The quantitative estimate of drug-likeness (QED) is 0.0259. The molecule has 5 saturated heterocycles. The normalized spacial score (nSPS) is 25.8. The van der Waals surface area contributed by atoms with Crippen molar-refractivity contribution >= 4 is 17.9 Å². The molecule has 11 rings (SSSR count). The maximum atomic E-state index is 11.3. The lowest BCUT2D eigenvalue weighted by atomic mass is 9.80. The Morgan fingerprint density at radius 1 is 0.435 bits per heavy atom. The smallest absolute Gasteiger partial charge is 0.305 e. The summed E-state index contributed by atoms with van der Waals surface area (Å²) >= 11 is 0. The largest absolute Gasteiger partial charge is 0.463 e. The Bertz CT molecular complexity index is 2980. The maximum Gasteiger partial charge on any atom is 0.305 e. The number of aliphatic hydroxyl groups excluding tert-OH is 1. The monoisotopic (exact) mass is 1270 g/mol. The zero-order chi connectivity index (χ0) is 64.6. The van der Waals surface area contributed by atoms with Gasteiger partial charge in [-0.2, -0.15) is 0 Å². The molecule has 0 spiro atoms. The standard InChI is InChI=1S/C31H36O5.C27H28O5.C15H24O8.CH4/c1-4-5-21-32-27-26(34-29-28(27)35-30(2,3)36-29)22-33-31(23-15-9-6-10-16-23,24-17-11-7-12-18-24)25-19-13-8-14-20-25;1-26(2)31-24-23(28)22(30-25(24)32-26)18-29-27(19-12-6-3-7-13-19,20-14-8-4-9-15-20)21-16-10-5-11-17-21;1-5-6-7-19-13-12(8-20-9(2)16)23-15(22-11(4)18)14(13)21-10(3)17;/h6-20,26-29H,4-5,21-22H2,1-3H3;3-17,22-25,28H,18H2,1-2H3;12-15H,5-8H2,1-4H3;1H4/t26-,27+,28-,29?;22-,23+,24-,25?;12-,13+,14-,15?;/m111./s1. The van der Waals surface area contributed by atoms with Crippen LogP contribution in [0.15, 0.2) is 182 Å². The summed E-state index contributed by atoms with van der Waals surface area (Å²) in [6, 6.07) is 61.5. The lowest BCUT2D eigenvalue weighted by Crippen LogP contribution is -2.42. The van der Waals surface area contributed by atoms with E-state index in [4.69, 9.17) is 66.3 Å². The van der Waals surface area contributed by atoms with E-state index in [0.717, 1.165) is 59.1 Å². The number of esters is 3. The van der Waals surface area contributed by atoms with E-state index >= 15 is 0 Å². The van der Waals surface area contributed by atoms with Crippen LogP contribution in [-0.4, -0.2) is 141 Å². The van der Waals surface area contributed by atoms with Gasteiger partial charge in [-0.3, -0.25) is 14.4 Å². The first-order valence-electron chi connectivity index (χ1n) is 31.6. The fourth-order valence-electron chi connectivity index (χ4n) is 12.1. The van der Waals surface area contributed by atoms with Crippen molar-refractivity contribution in [3.8, 4) is 0 Å². The molecule has 0 aromatic heterocycles. The number of hydrogen-bond acceptors (Lipinski definition) is 18. The molecule has 0 amide bonds. The number of carbonyl (C=O) groups is 3. The molecule has 18 nitrogen and oxygen atoms in total. The third kappa shape index (κ3) is 17.3. The van der Waals surface area contributed by atoms with E-state index in [1.54, 1.807) is 0 Å². The average Bonchev–Trinajstić information content (AvgIpc) is 0.985. The second-order valence-electron chi connectivity index (χ2n) is 23.9. The number of rotatable bonds is 24. The first kappa shape index (κ1) is 71.1. The number of carbonyl (C=O) groups excluding carboxylic acids is 3. The Morgan fingerprint density at radius 2 is 0.783 bits per heavy atom. The van der Waals surface area contributed by atoms with Crippen LogP contribution in [0, 0.1) is 0 Å². The molecule has 6 aromatic carbocycles. The summed E-state index contributed by atoms with van der Waals surface area (Å²) in [7, 11) is 0. The summed E-state index contributed by atoms with van der Waals surface area (Å²) in [6.07, 6.45) is -3.52. The van der Waals surface area contributed by atoms with Crippen LogP contribution in [0.4, 0.5) is 0 Å². The molecule has 1 N–H and O–H groups in total. The molecular formula is C74H92O18.